The lowest BCUT2D eigenvalue weighted by molar-refractivity contribution is -0.128. The first kappa shape index (κ1) is 16.2. The molecule has 0 spiro atoms. The molecule has 7 nitrogen and oxygen atoms in total. The third-order valence-corrected chi connectivity index (χ3v) is 3.90. The Balaban J connectivity index is 1.75. The number of hydrogen-bond donors (Lipinski definition) is 2. The van der Waals surface area contributed by atoms with E-state index < -0.39 is 0 Å². The predicted molar refractivity (Wildman–Crippen MR) is 90.6 cm³/mol. The van der Waals surface area contributed by atoms with E-state index in [4.69, 9.17) is 0 Å². The number of amides is 1. The number of anilines is 1. The first-order chi connectivity index (χ1) is 11.5. The van der Waals surface area contributed by atoms with Crippen molar-refractivity contribution < 1.29 is 4.79 Å². The number of nitrogens with one attached hydrogen (secondary N) is 2. The van der Waals surface area contributed by atoms with Crippen LogP contribution in [0.3, 0.4) is 0 Å². The third kappa shape index (κ3) is 3.79. The lowest BCUT2D eigenvalue weighted by Crippen LogP contribution is -2.25. The van der Waals surface area contributed by atoms with E-state index in [1.54, 1.807) is 11.1 Å². The fourth-order valence-corrected chi connectivity index (χ4v) is 2.84. The number of aromatic amines is 1. The molecule has 1 amide bonds. The second-order valence-corrected chi connectivity index (χ2v) is 6.31. The number of pyridine rings is 1. The van der Waals surface area contributed by atoms with Gasteiger partial charge in [-0.05, 0) is 26.0 Å². The van der Waals surface area contributed by atoms with Crippen LogP contribution >= 0.6 is 0 Å². The molecule has 1 saturated heterocycles. The monoisotopic (exact) mass is 327 g/mol. The molecule has 126 valence electrons. The lowest BCUT2D eigenvalue weighted by Gasteiger charge is -2.16. The van der Waals surface area contributed by atoms with Gasteiger partial charge >= 0.3 is 0 Å². The van der Waals surface area contributed by atoms with Gasteiger partial charge in [-0.15, -0.1) is 0 Å². The van der Waals surface area contributed by atoms with E-state index in [2.05, 4.69) is 20.3 Å². The molecule has 1 fully saturated rings. The van der Waals surface area contributed by atoms with Crippen molar-refractivity contribution in [3.05, 3.63) is 52.2 Å². The van der Waals surface area contributed by atoms with Gasteiger partial charge in [0.25, 0.3) is 5.56 Å². The molecule has 3 heterocycles. The van der Waals surface area contributed by atoms with Crippen LogP contribution in [0.5, 0.6) is 0 Å². The maximum absolute atomic E-state index is 12.3. The zero-order valence-electron chi connectivity index (χ0n) is 13.8. The summed E-state index contributed by atoms with van der Waals surface area (Å²) in [6.45, 7) is 4.98. The quantitative estimate of drug-likeness (QED) is 0.868. The molecule has 7 heteroatoms. The average Bonchev–Trinajstić information content (AvgIpc) is 2.88. The number of aromatic nitrogens is 3. The minimum Gasteiger partial charge on any atom is -0.354 e. The van der Waals surface area contributed by atoms with Crippen molar-refractivity contribution in [3.8, 4) is 0 Å². The second kappa shape index (κ2) is 6.82. The summed E-state index contributed by atoms with van der Waals surface area (Å²) in [4.78, 5) is 37.3. The molecule has 2 N–H and O–H groups in total. The van der Waals surface area contributed by atoms with Crippen LogP contribution in [0.25, 0.3) is 0 Å². The van der Waals surface area contributed by atoms with Crippen LogP contribution in [0.15, 0.2) is 35.3 Å². The van der Waals surface area contributed by atoms with Crippen LogP contribution in [0.1, 0.15) is 37.6 Å². The number of rotatable bonds is 5. The van der Waals surface area contributed by atoms with Gasteiger partial charge in [-0.25, -0.2) is 4.98 Å². The van der Waals surface area contributed by atoms with Crippen molar-refractivity contribution in [1.82, 2.24) is 19.9 Å². The Morgan fingerprint density at radius 1 is 1.38 bits per heavy atom. The Bertz CT molecular complexity index is 772. The average molecular weight is 327 g/mol. The van der Waals surface area contributed by atoms with Gasteiger partial charge in [0.1, 0.15) is 0 Å². The Labute approximate surface area is 140 Å². The highest BCUT2D eigenvalue weighted by atomic mass is 16.2. The molecule has 1 aliphatic heterocycles. The highest BCUT2D eigenvalue weighted by Gasteiger charge is 2.32. The molecular weight excluding hydrogens is 306 g/mol. The van der Waals surface area contributed by atoms with Gasteiger partial charge in [-0.2, -0.15) is 0 Å². The molecule has 0 aromatic carbocycles. The van der Waals surface area contributed by atoms with Gasteiger partial charge < -0.3 is 10.2 Å². The van der Waals surface area contributed by atoms with Crippen molar-refractivity contribution >= 4 is 11.9 Å². The molecule has 0 bridgehead atoms. The van der Waals surface area contributed by atoms with Crippen molar-refractivity contribution in [1.29, 1.82) is 0 Å². The number of nitrogens with zero attached hydrogens (tertiary/aromatic N) is 3. The maximum atomic E-state index is 12.3. The van der Waals surface area contributed by atoms with Crippen LogP contribution in [0.2, 0.25) is 0 Å². The fraction of sp³-hybridized carbons (Fsp3) is 0.412. The van der Waals surface area contributed by atoms with E-state index in [1.807, 2.05) is 32.0 Å². The summed E-state index contributed by atoms with van der Waals surface area (Å²) < 4.78 is 0. The summed E-state index contributed by atoms with van der Waals surface area (Å²) in [5.74, 6) is 0.436. The van der Waals surface area contributed by atoms with Gasteiger partial charge in [0.05, 0.1) is 17.9 Å². The SMILES string of the molecule is CC(C)Nc1nc([C@H]2CC(=O)N(Cc3ccccn3)C2)cc(=O)[nH]1. The van der Waals surface area contributed by atoms with E-state index in [1.165, 1.54) is 6.07 Å². The van der Waals surface area contributed by atoms with Crippen LogP contribution < -0.4 is 10.9 Å². The lowest BCUT2D eigenvalue weighted by atomic mass is 10.0. The number of hydrogen-bond acceptors (Lipinski definition) is 5. The van der Waals surface area contributed by atoms with Crippen molar-refractivity contribution in [2.45, 2.75) is 38.8 Å². The first-order valence-electron chi connectivity index (χ1n) is 8.07. The smallest absolute Gasteiger partial charge is 0.252 e. The predicted octanol–water partition coefficient (Wildman–Crippen LogP) is 1.50. The normalized spacial score (nSPS) is 17.5. The van der Waals surface area contributed by atoms with Crippen molar-refractivity contribution in [2.24, 2.45) is 0 Å². The van der Waals surface area contributed by atoms with Crippen molar-refractivity contribution in [3.63, 3.8) is 0 Å². The second-order valence-electron chi connectivity index (χ2n) is 6.31. The van der Waals surface area contributed by atoms with E-state index in [9.17, 15) is 9.59 Å². The summed E-state index contributed by atoms with van der Waals surface area (Å²) in [5.41, 5.74) is 1.30. The zero-order valence-corrected chi connectivity index (χ0v) is 13.8. The third-order valence-electron chi connectivity index (χ3n) is 3.90. The topological polar surface area (TPSA) is 91.0 Å². The van der Waals surface area contributed by atoms with Gasteiger partial charge in [0.2, 0.25) is 11.9 Å². The summed E-state index contributed by atoms with van der Waals surface area (Å²) in [7, 11) is 0. The fourth-order valence-electron chi connectivity index (χ4n) is 2.84. The molecule has 1 aliphatic rings. The van der Waals surface area contributed by atoms with E-state index in [0.717, 1.165) is 5.69 Å². The molecule has 0 saturated carbocycles. The van der Waals surface area contributed by atoms with Gasteiger partial charge in [-0.1, -0.05) is 6.07 Å². The Hall–Kier alpha value is -2.70. The van der Waals surface area contributed by atoms with Crippen LogP contribution in [-0.4, -0.2) is 38.3 Å². The molecule has 3 rings (SSSR count). The Morgan fingerprint density at radius 3 is 2.92 bits per heavy atom. The van der Waals surface area contributed by atoms with Crippen LogP contribution in [-0.2, 0) is 11.3 Å². The van der Waals surface area contributed by atoms with E-state index >= 15 is 0 Å². The van der Waals surface area contributed by atoms with Crippen LogP contribution in [0, 0.1) is 0 Å². The standard InChI is InChI=1S/C17H21N5O2/c1-11(2)19-17-20-14(8-15(23)21-17)12-7-16(24)22(9-12)10-13-5-3-4-6-18-13/h3-6,8,11-12H,7,9-10H2,1-2H3,(H2,19,20,21,23)/t12-/m0/s1. The Kier molecular flexibility index (Phi) is 4.59. The number of H-pyrrole nitrogens is 1. The number of carbonyl (C=O) groups is 1. The molecule has 0 aliphatic carbocycles. The Morgan fingerprint density at radius 2 is 2.21 bits per heavy atom. The van der Waals surface area contributed by atoms with E-state index in [-0.39, 0.29) is 23.4 Å². The van der Waals surface area contributed by atoms with Gasteiger partial charge in [0.15, 0.2) is 0 Å². The number of carbonyl (C=O) groups excluding carboxylic acids is 1. The highest BCUT2D eigenvalue weighted by molar-refractivity contribution is 5.79. The van der Waals surface area contributed by atoms with Crippen molar-refractivity contribution in [2.75, 3.05) is 11.9 Å². The highest BCUT2D eigenvalue weighted by Crippen LogP contribution is 2.27. The summed E-state index contributed by atoms with van der Waals surface area (Å²) in [6, 6.07) is 7.29. The first-order valence-corrected chi connectivity index (χ1v) is 8.07. The largest absolute Gasteiger partial charge is 0.354 e. The summed E-state index contributed by atoms with van der Waals surface area (Å²) in [5, 5.41) is 3.10. The molecule has 0 unspecified atom stereocenters. The molecule has 2 aromatic rings. The molecule has 0 radical (unpaired) electrons. The molecule has 24 heavy (non-hydrogen) atoms. The minimum absolute atomic E-state index is 0.0612. The van der Waals surface area contributed by atoms with Gasteiger partial charge in [-0.3, -0.25) is 19.6 Å². The molecule has 1 atom stereocenters. The van der Waals surface area contributed by atoms with Gasteiger partial charge in [0, 0.05) is 37.2 Å². The van der Waals surface area contributed by atoms with Crippen LogP contribution in [0.4, 0.5) is 5.95 Å². The molecule has 2 aromatic heterocycles. The maximum Gasteiger partial charge on any atom is 0.252 e. The summed E-state index contributed by atoms with van der Waals surface area (Å²) in [6.07, 6.45) is 2.08. The molecular formula is C17H21N5O2. The zero-order chi connectivity index (χ0) is 17.1. The summed E-state index contributed by atoms with van der Waals surface area (Å²) >= 11 is 0. The van der Waals surface area contributed by atoms with E-state index in [0.29, 0.717) is 31.2 Å². The number of likely N-dealkylation sites (tertiary alicyclic amines) is 1. The minimum atomic E-state index is -0.209.